The second kappa shape index (κ2) is 7.87. The zero-order valence-corrected chi connectivity index (χ0v) is 16.9. The molecule has 0 saturated heterocycles. The van der Waals surface area contributed by atoms with Gasteiger partial charge in [0.2, 0.25) is 0 Å². The third-order valence-electron chi connectivity index (χ3n) is 4.04. The van der Waals surface area contributed by atoms with Gasteiger partial charge in [0.15, 0.2) is 0 Å². The van der Waals surface area contributed by atoms with Crippen LogP contribution in [0, 0.1) is 0 Å². The number of fused-ring (bicyclic) bond motifs is 1. The van der Waals surface area contributed by atoms with E-state index in [0.717, 1.165) is 4.31 Å². The number of carbonyl (C=O) groups is 1. The number of hydrogen-bond acceptors (Lipinski definition) is 4. The van der Waals surface area contributed by atoms with Crippen molar-refractivity contribution in [1.29, 1.82) is 0 Å². The van der Waals surface area contributed by atoms with Gasteiger partial charge in [0.1, 0.15) is 12.3 Å². The van der Waals surface area contributed by atoms with Crippen LogP contribution in [0.4, 0.5) is 5.69 Å². The van der Waals surface area contributed by atoms with Gasteiger partial charge in [0, 0.05) is 15.4 Å². The Morgan fingerprint density at radius 2 is 1.75 bits per heavy atom. The van der Waals surface area contributed by atoms with Gasteiger partial charge in [-0.3, -0.25) is 9.10 Å². The Kier molecular flexibility index (Phi) is 5.69. The fourth-order valence-corrected chi connectivity index (χ4v) is 4.98. The molecule has 28 heavy (non-hydrogen) atoms. The van der Waals surface area contributed by atoms with Crippen LogP contribution in [0.2, 0.25) is 10.0 Å². The normalized spacial score (nSPS) is 11.4. The first-order valence-electron chi connectivity index (χ1n) is 8.00. The lowest BCUT2D eigenvalue weighted by Gasteiger charge is -2.24. The molecular formula is C19H15Cl2NO5S. The highest BCUT2D eigenvalue weighted by molar-refractivity contribution is 7.92. The molecule has 0 saturated carbocycles. The first-order chi connectivity index (χ1) is 13.2. The summed E-state index contributed by atoms with van der Waals surface area (Å²) >= 11 is 11.9. The van der Waals surface area contributed by atoms with Crippen molar-refractivity contribution in [3.63, 3.8) is 0 Å². The highest BCUT2D eigenvalue weighted by Gasteiger charge is 2.29. The summed E-state index contributed by atoms with van der Waals surface area (Å²) in [6, 6.07) is 13.9. The minimum Gasteiger partial charge on any atom is -0.497 e. The van der Waals surface area contributed by atoms with Crippen LogP contribution < -0.4 is 9.04 Å². The Morgan fingerprint density at radius 1 is 1.07 bits per heavy atom. The van der Waals surface area contributed by atoms with Crippen LogP contribution in [-0.2, 0) is 14.8 Å². The number of benzene rings is 3. The smallest absolute Gasteiger partial charge is 0.324 e. The topological polar surface area (TPSA) is 83.9 Å². The molecule has 9 heteroatoms. The first-order valence-corrected chi connectivity index (χ1v) is 10.2. The maximum absolute atomic E-state index is 13.3. The molecule has 0 spiro atoms. The minimum atomic E-state index is -4.25. The summed E-state index contributed by atoms with van der Waals surface area (Å²) in [4.78, 5) is 11.3. The van der Waals surface area contributed by atoms with E-state index in [1.54, 1.807) is 36.4 Å². The van der Waals surface area contributed by atoms with Crippen molar-refractivity contribution < 1.29 is 23.1 Å². The second-order valence-corrected chi connectivity index (χ2v) is 8.61. The van der Waals surface area contributed by atoms with Gasteiger partial charge in [0.25, 0.3) is 10.0 Å². The summed E-state index contributed by atoms with van der Waals surface area (Å²) in [7, 11) is -2.73. The van der Waals surface area contributed by atoms with E-state index in [4.69, 9.17) is 27.9 Å². The molecule has 146 valence electrons. The lowest BCUT2D eigenvalue weighted by Crippen LogP contribution is -2.36. The van der Waals surface area contributed by atoms with Crippen LogP contribution in [0.1, 0.15) is 0 Å². The van der Waals surface area contributed by atoms with E-state index in [1.807, 2.05) is 0 Å². The van der Waals surface area contributed by atoms with E-state index in [9.17, 15) is 18.3 Å². The lowest BCUT2D eigenvalue weighted by molar-refractivity contribution is -0.135. The minimum absolute atomic E-state index is 0.129. The highest BCUT2D eigenvalue weighted by Crippen LogP contribution is 2.34. The summed E-state index contributed by atoms with van der Waals surface area (Å²) in [5, 5.41) is 10.9. The number of carboxylic acids is 1. The van der Waals surface area contributed by atoms with Gasteiger partial charge in [-0.25, -0.2) is 8.42 Å². The fourth-order valence-electron chi connectivity index (χ4n) is 2.82. The van der Waals surface area contributed by atoms with Gasteiger partial charge in [-0.15, -0.1) is 0 Å². The SMILES string of the molecule is COc1ccc2c(N(CC(=O)O)S(=O)(=O)c3cc(Cl)cc(Cl)c3)cccc2c1. The molecule has 0 bridgehead atoms. The van der Waals surface area contributed by atoms with Gasteiger partial charge in [-0.1, -0.05) is 35.3 Å². The number of ether oxygens (including phenoxy) is 1. The fraction of sp³-hybridized carbons (Fsp3) is 0.105. The van der Waals surface area contributed by atoms with E-state index in [-0.39, 0.29) is 20.6 Å². The Bertz CT molecular complexity index is 1140. The van der Waals surface area contributed by atoms with Crippen molar-refractivity contribution >= 4 is 55.7 Å². The number of anilines is 1. The quantitative estimate of drug-likeness (QED) is 0.613. The third-order valence-corrected chi connectivity index (χ3v) is 6.21. The molecule has 0 amide bonds. The number of hydrogen-bond donors (Lipinski definition) is 1. The van der Waals surface area contributed by atoms with Gasteiger partial charge in [-0.05, 0) is 47.9 Å². The van der Waals surface area contributed by atoms with Gasteiger partial charge in [-0.2, -0.15) is 0 Å². The molecule has 3 aromatic carbocycles. The van der Waals surface area contributed by atoms with Crippen molar-refractivity contribution in [3.05, 3.63) is 64.6 Å². The summed E-state index contributed by atoms with van der Waals surface area (Å²) in [5.74, 6) is -0.707. The molecule has 0 unspecified atom stereocenters. The van der Waals surface area contributed by atoms with Gasteiger partial charge < -0.3 is 9.84 Å². The number of aliphatic carboxylic acids is 1. The standard InChI is InChI=1S/C19H15Cl2NO5S/c1-27-15-5-6-17-12(7-15)3-2-4-18(17)22(11-19(23)24)28(25,26)16-9-13(20)8-14(21)10-16/h2-10H,11H2,1H3,(H,23,24). The number of nitrogens with zero attached hydrogens (tertiary/aromatic N) is 1. The van der Waals surface area contributed by atoms with Gasteiger partial charge in [0.05, 0.1) is 17.7 Å². The van der Waals surface area contributed by atoms with E-state index in [0.29, 0.717) is 16.5 Å². The molecule has 3 aromatic rings. The Labute approximate surface area is 171 Å². The Balaban J connectivity index is 2.23. The summed E-state index contributed by atoms with van der Waals surface area (Å²) < 4.78 is 32.5. The number of rotatable bonds is 6. The van der Waals surface area contributed by atoms with Gasteiger partial charge >= 0.3 is 5.97 Å². The van der Waals surface area contributed by atoms with Crippen molar-refractivity contribution in [2.24, 2.45) is 0 Å². The van der Waals surface area contributed by atoms with Crippen LogP contribution in [0.25, 0.3) is 10.8 Å². The van der Waals surface area contributed by atoms with Crippen molar-refractivity contribution in [1.82, 2.24) is 0 Å². The van der Waals surface area contributed by atoms with Crippen molar-refractivity contribution in [2.75, 3.05) is 18.0 Å². The van der Waals surface area contributed by atoms with Crippen molar-refractivity contribution in [2.45, 2.75) is 4.90 Å². The first kappa shape index (κ1) is 20.3. The molecule has 0 aliphatic heterocycles. The maximum atomic E-state index is 13.3. The van der Waals surface area contributed by atoms with E-state index >= 15 is 0 Å². The second-order valence-electron chi connectivity index (χ2n) is 5.87. The predicted octanol–water partition coefficient (Wildman–Crippen LogP) is 4.44. The zero-order valence-electron chi connectivity index (χ0n) is 14.6. The highest BCUT2D eigenvalue weighted by atomic mass is 35.5. The van der Waals surface area contributed by atoms with Crippen LogP contribution in [0.5, 0.6) is 5.75 Å². The average molecular weight is 440 g/mol. The molecule has 6 nitrogen and oxygen atoms in total. The number of sulfonamides is 1. The molecule has 0 fully saturated rings. The summed E-state index contributed by atoms with van der Waals surface area (Å²) in [5.41, 5.74) is 0.221. The van der Waals surface area contributed by atoms with Crippen LogP contribution in [0.3, 0.4) is 0 Å². The Hall–Kier alpha value is -2.48. The summed E-state index contributed by atoms with van der Waals surface area (Å²) in [6.45, 7) is -0.766. The average Bonchev–Trinajstić information content (AvgIpc) is 2.64. The van der Waals surface area contributed by atoms with Crippen molar-refractivity contribution in [3.8, 4) is 5.75 Å². The summed E-state index contributed by atoms with van der Waals surface area (Å²) in [6.07, 6.45) is 0. The van der Waals surface area contributed by atoms with E-state index < -0.39 is 22.5 Å². The molecule has 0 atom stereocenters. The molecule has 0 aliphatic rings. The number of methoxy groups -OCH3 is 1. The monoisotopic (exact) mass is 439 g/mol. The van der Waals surface area contributed by atoms with Crippen LogP contribution in [0.15, 0.2) is 59.5 Å². The molecule has 0 aliphatic carbocycles. The lowest BCUT2D eigenvalue weighted by atomic mass is 10.1. The largest absolute Gasteiger partial charge is 0.497 e. The molecule has 1 N–H and O–H groups in total. The molecular weight excluding hydrogens is 425 g/mol. The van der Waals surface area contributed by atoms with Crippen LogP contribution in [-0.4, -0.2) is 33.1 Å². The van der Waals surface area contributed by atoms with E-state index in [1.165, 1.54) is 25.3 Å². The molecule has 0 radical (unpaired) electrons. The number of halogens is 2. The maximum Gasteiger partial charge on any atom is 0.324 e. The zero-order chi connectivity index (χ0) is 20.5. The Morgan fingerprint density at radius 3 is 2.36 bits per heavy atom. The van der Waals surface area contributed by atoms with Crippen LogP contribution >= 0.6 is 23.2 Å². The third kappa shape index (κ3) is 4.01. The predicted molar refractivity (Wildman–Crippen MR) is 109 cm³/mol. The molecule has 3 rings (SSSR count). The van der Waals surface area contributed by atoms with E-state index in [2.05, 4.69) is 0 Å². The molecule has 0 heterocycles. The number of carboxylic acid groups (broad SMARTS) is 1. The molecule has 0 aromatic heterocycles.